The molecule has 462 valence electrons. The summed E-state index contributed by atoms with van der Waals surface area (Å²) in [5, 5.41) is 0. The molecule has 0 N–H and O–H groups in total. The van der Waals surface area contributed by atoms with Gasteiger partial charge in [-0.05, 0) is 135 Å². The second kappa shape index (κ2) is 68.3. The lowest BCUT2D eigenvalue weighted by atomic mass is 10.1. The Balaban J connectivity index is 4.43. The maximum absolute atomic E-state index is 12.9. The van der Waals surface area contributed by atoms with Gasteiger partial charge in [0.1, 0.15) is 13.2 Å². The molecule has 0 aromatic carbocycles. The van der Waals surface area contributed by atoms with Crippen LogP contribution in [0.25, 0.3) is 0 Å². The Morgan fingerprint density at radius 1 is 0.259 bits per heavy atom. The van der Waals surface area contributed by atoms with Crippen molar-refractivity contribution in [2.75, 3.05) is 13.2 Å². The molecule has 1 unspecified atom stereocenters. The molecule has 0 amide bonds. The van der Waals surface area contributed by atoms with E-state index in [4.69, 9.17) is 14.2 Å². The summed E-state index contributed by atoms with van der Waals surface area (Å²) in [6, 6.07) is 0. The predicted molar refractivity (Wildman–Crippen MR) is 353 cm³/mol. The minimum absolute atomic E-state index is 0.0911. The smallest absolute Gasteiger partial charge is 0.306 e. The molecule has 6 heteroatoms. The van der Waals surface area contributed by atoms with Gasteiger partial charge in [-0.2, -0.15) is 0 Å². The number of ether oxygens (including phenoxy) is 3. The summed E-state index contributed by atoms with van der Waals surface area (Å²) in [6.45, 7) is 6.51. The van der Waals surface area contributed by atoms with Gasteiger partial charge in [0.25, 0.3) is 0 Å². The first kappa shape index (κ1) is 76.8. The number of esters is 3. The molecule has 0 aromatic rings. The fourth-order valence-corrected chi connectivity index (χ4v) is 9.33. The largest absolute Gasteiger partial charge is 0.462 e. The van der Waals surface area contributed by atoms with E-state index in [1.807, 2.05) is 0 Å². The first-order valence-corrected chi connectivity index (χ1v) is 34.0. The van der Waals surface area contributed by atoms with Crippen LogP contribution in [0.3, 0.4) is 0 Å². The molecule has 0 rings (SSSR count). The molecule has 0 spiro atoms. The van der Waals surface area contributed by atoms with Crippen molar-refractivity contribution in [3.05, 3.63) is 122 Å². The van der Waals surface area contributed by atoms with Crippen LogP contribution >= 0.6 is 0 Å². The molecule has 81 heavy (non-hydrogen) atoms. The Labute approximate surface area is 501 Å². The van der Waals surface area contributed by atoms with E-state index in [-0.39, 0.29) is 31.1 Å². The molecule has 0 fully saturated rings. The number of hydrogen-bond donors (Lipinski definition) is 0. The molecule has 0 saturated heterocycles. The lowest BCUT2D eigenvalue weighted by Gasteiger charge is -2.18. The third-order valence-corrected chi connectivity index (χ3v) is 14.4. The fraction of sp³-hybridized carbons (Fsp3) is 0.693. The van der Waals surface area contributed by atoms with E-state index in [9.17, 15) is 14.4 Å². The van der Waals surface area contributed by atoms with Gasteiger partial charge < -0.3 is 14.2 Å². The summed E-state index contributed by atoms with van der Waals surface area (Å²) >= 11 is 0. The zero-order chi connectivity index (χ0) is 58.5. The molecule has 0 aromatic heterocycles. The van der Waals surface area contributed by atoms with Crippen LogP contribution in [0.1, 0.15) is 316 Å². The van der Waals surface area contributed by atoms with E-state index in [1.54, 1.807) is 0 Å². The van der Waals surface area contributed by atoms with Crippen LogP contribution in [0.5, 0.6) is 0 Å². The van der Waals surface area contributed by atoms with E-state index in [0.29, 0.717) is 19.3 Å². The summed E-state index contributed by atoms with van der Waals surface area (Å²) in [6.07, 6.45) is 94.9. The number of unbranched alkanes of at least 4 members (excludes halogenated alkanes) is 30. The quantitative estimate of drug-likeness (QED) is 0.0261. The van der Waals surface area contributed by atoms with Crippen molar-refractivity contribution < 1.29 is 28.6 Å². The fourth-order valence-electron chi connectivity index (χ4n) is 9.33. The molecule has 0 aliphatic heterocycles. The normalized spacial score (nSPS) is 12.9. The molecule has 0 aliphatic carbocycles. The van der Waals surface area contributed by atoms with Gasteiger partial charge in [0.2, 0.25) is 0 Å². The summed E-state index contributed by atoms with van der Waals surface area (Å²) in [5.41, 5.74) is 0. The second-order valence-corrected chi connectivity index (χ2v) is 22.3. The molecule has 0 aliphatic rings. The van der Waals surface area contributed by atoms with Gasteiger partial charge in [0, 0.05) is 19.3 Å². The second-order valence-electron chi connectivity index (χ2n) is 22.3. The first-order chi connectivity index (χ1) is 40.0. The highest BCUT2D eigenvalue weighted by Crippen LogP contribution is 2.15. The van der Waals surface area contributed by atoms with Crippen molar-refractivity contribution in [3.63, 3.8) is 0 Å². The number of rotatable bonds is 61. The number of carbonyl (C=O) groups is 3. The first-order valence-electron chi connectivity index (χ1n) is 34.0. The molecular weight excluding hydrogens is 997 g/mol. The van der Waals surface area contributed by atoms with Crippen LogP contribution in [-0.4, -0.2) is 37.2 Å². The van der Waals surface area contributed by atoms with Crippen molar-refractivity contribution in [2.45, 2.75) is 322 Å². The maximum atomic E-state index is 12.9. The SMILES string of the molecule is CC/C=C\C/C=C\C/C=C\C/C=C\C/C=C\C/C=C\C/C=C\CCCCCCCC(=O)OCC(COC(=O)CCCCCCCCC/C=C\CCCCCCCCC)OC(=O)CCCCCCCCC/C=C\C/C=C\CCCCCC. The van der Waals surface area contributed by atoms with Crippen molar-refractivity contribution in [1.29, 1.82) is 0 Å². The van der Waals surface area contributed by atoms with E-state index >= 15 is 0 Å². The van der Waals surface area contributed by atoms with E-state index < -0.39 is 6.10 Å². The Morgan fingerprint density at radius 3 is 0.778 bits per heavy atom. The minimum atomic E-state index is -0.798. The summed E-state index contributed by atoms with van der Waals surface area (Å²) in [7, 11) is 0. The number of hydrogen-bond acceptors (Lipinski definition) is 6. The standard InChI is InChI=1S/C75H126O6/c1-4-7-10-13-16-19-22-25-28-31-34-35-36-37-38-39-40-41-42-45-47-50-53-56-59-62-65-68-74(77)80-71-72(81-75(78)69-66-63-60-57-54-51-48-44-33-30-27-24-21-18-15-12-9-6-3)70-79-73(76)67-64-61-58-55-52-49-46-43-32-29-26-23-20-17-14-11-8-5-2/h7,10,16,19,21,24-25,28-30,32-35,37-38,40-41,45,47,72H,4-6,8-9,11-15,17-18,20,22-23,26-27,31,36,39,42-44,46,48-71H2,1-3H3/b10-7-,19-16-,24-21-,28-25-,32-29-,33-30-,35-34-,38-37-,41-40-,47-45-. The zero-order valence-corrected chi connectivity index (χ0v) is 53.0. The lowest BCUT2D eigenvalue weighted by molar-refractivity contribution is -0.167. The summed E-state index contributed by atoms with van der Waals surface area (Å²) in [5.74, 6) is -0.914. The van der Waals surface area contributed by atoms with Gasteiger partial charge in [-0.3, -0.25) is 14.4 Å². The Kier molecular flexibility index (Phi) is 64.8. The average Bonchev–Trinajstić information content (AvgIpc) is 3.47. The molecule has 1 atom stereocenters. The van der Waals surface area contributed by atoms with E-state index in [0.717, 1.165) is 135 Å². The highest BCUT2D eigenvalue weighted by atomic mass is 16.6. The van der Waals surface area contributed by atoms with Gasteiger partial charge in [-0.15, -0.1) is 0 Å². The van der Waals surface area contributed by atoms with Crippen molar-refractivity contribution in [2.24, 2.45) is 0 Å². The molecule has 0 saturated carbocycles. The van der Waals surface area contributed by atoms with Crippen LogP contribution < -0.4 is 0 Å². The average molecular weight is 1120 g/mol. The third-order valence-electron chi connectivity index (χ3n) is 14.4. The highest BCUT2D eigenvalue weighted by Gasteiger charge is 2.19. The molecule has 0 radical (unpaired) electrons. The van der Waals surface area contributed by atoms with Crippen LogP contribution in [0, 0.1) is 0 Å². The lowest BCUT2D eigenvalue weighted by Crippen LogP contribution is -2.30. The number of allylic oxidation sites excluding steroid dienone is 20. The van der Waals surface area contributed by atoms with Crippen LogP contribution in [0.15, 0.2) is 122 Å². The molecular formula is C75H126O6. The van der Waals surface area contributed by atoms with E-state index in [1.165, 1.54) is 141 Å². The van der Waals surface area contributed by atoms with Crippen LogP contribution in [0.2, 0.25) is 0 Å². The third kappa shape index (κ3) is 66.5. The van der Waals surface area contributed by atoms with Gasteiger partial charge >= 0.3 is 17.9 Å². The number of carbonyl (C=O) groups excluding carboxylic acids is 3. The van der Waals surface area contributed by atoms with Crippen molar-refractivity contribution >= 4 is 17.9 Å². The Bertz CT molecular complexity index is 1670. The van der Waals surface area contributed by atoms with Crippen molar-refractivity contribution in [1.82, 2.24) is 0 Å². The van der Waals surface area contributed by atoms with E-state index in [2.05, 4.69) is 142 Å². The van der Waals surface area contributed by atoms with Gasteiger partial charge in [0.05, 0.1) is 0 Å². The maximum Gasteiger partial charge on any atom is 0.306 e. The predicted octanol–water partition coefficient (Wildman–Crippen LogP) is 23.6. The molecule has 0 heterocycles. The van der Waals surface area contributed by atoms with Gasteiger partial charge in [0.15, 0.2) is 6.10 Å². The van der Waals surface area contributed by atoms with Crippen LogP contribution in [-0.2, 0) is 28.6 Å². The molecule has 0 bridgehead atoms. The zero-order valence-electron chi connectivity index (χ0n) is 53.0. The van der Waals surface area contributed by atoms with Gasteiger partial charge in [-0.1, -0.05) is 284 Å². The van der Waals surface area contributed by atoms with Crippen molar-refractivity contribution in [3.8, 4) is 0 Å². The Morgan fingerprint density at radius 2 is 0.481 bits per heavy atom. The van der Waals surface area contributed by atoms with Gasteiger partial charge in [-0.25, -0.2) is 0 Å². The van der Waals surface area contributed by atoms with Crippen LogP contribution in [0.4, 0.5) is 0 Å². The summed E-state index contributed by atoms with van der Waals surface area (Å²) in [4.78, 5) is 38.4. The highest BCUT2D eigenvalue weighted by molar-refractivity contribution is 5.71. The topological polar surface area (TPSA) is 78.9 Å². The monoisotopic (exact) mass is 1120 g/mol. The Hall–Kier alpha value is -4.19. The minimum Gasteiger partial charge on any atom is -0.462 e. The summed E-state index contributed by atoms with van der Waals surface area (Å²) < 4.78 is 17.0. The molecule has 6 nitrogen and oxygen atoms in total.